The molecule has 16 heteroatoms. The zero-order valence-electron chi connectivity index (χ0n) is 43.0. The van der Waals surface area contributed by atoms with E-state index in [2.05, 4.69) is 19.9 Å². The van der Waals surface area contributed by atoms with Gasteiger partial charge in [-0.2, -0.15) is 0 Å². The van der Waals surface area contributed by atoms with Crippen LogP contribution in [0, 0.1) is 40.9 Å². The van der Waals surface area contributed by atoms with Gasteiger partial charge in [0.2, 0.25) is 5.79 Å². The van der Waals surface area contributed by atoms with Crippen LogP contribution in [0.15, 0.2) is 47.6 Å². The van der Waals surface area contributed by atoms with Gasteiger partial charge < -0.3 is 59.5 Å². The van der Waals surface area contributed by atoms with Crippen molar-refractivity contribution in [2.45, 2.75) is 186 Å². The molecule has 0 aromatic rings. The lowest BCUT2D eigenvalue weighted by Gasteiger charge is -2.42. The van der Waals surface area contributed by atoms with Crippen molar-refractivity contribution >= 4 is 29.3 Å². The highest BCUT2D eigenvalue weighted by molar-refractivity contribution is 6.39. The Morgan fingerprint density at radius 1 is 0.870 bits per heavy atom. The number of ether oxygens (including phenoxy) is 5. The normalized spacial score (nSPS) is 38.4. The SMILES string of the molecule is CO[C@H]1C[C@@H]2CC[C@@H](C)[C@@](O)(O2)C(=O)C(=O)N2CCCC[C@H]2C(=O)O[C@H]([C@H](C)C[C@@H]2CC[C@@H](O)[C@H](OC)C2)CC[C@H](C)/C=C(\C)[C@@H](O)[C@@H](OC)C(=N)[C@H](C)C[C@H](C)/C=C/C=C/C=C/1C.O=C(O)CO. The van der Waals surface area contributed by atoms with Gasteiger partial charge in [-0.3, -0.25) is 9.59 Å². The third-order valence-corrected chi connectivity index (χ3v) is 14.7. The molecule has 0 unspecified atom stereocenters. The number of piperidine rings is 1. The van der Waals surface area contributed by atoms with Crippen molar-refractivity contribution in [3.8, 4) is 0 Å². The Morgan fingerprint density at radius 3 is 2.20 bits per heavy atom. The highest BCUT2D eigenvalue weighted by Gasteiger charge is 2.53. The van der Waals surface area contributed by atoms with Crippen LogP contribution in [0.25, 0.3) is 0 Å². The molecule has 1 amide bonds. The van der Waals surface area contributed by atoms with Crippen LogP contribution in [0.3, 0.4) is 0 Å². The summed E-state index contributed by atoms with van der Waals surface area (Å²) in [6.45, 7) is 13.1. The predicted molar refractivity (Wildman–Crippen MR) is 262 cm³/mol. The van der Waals surface area contributed by atoms with E-state index >= 15 is 0 Å². The van der Waals surface area contributed by atoms with Gasteiger partial charge in [-0.25, -0.2) is 9.59 Å². The molecule has 3 aliphatic heterocycles. The molecule has 4 aliphatic rings. The summed E-state index contributed by atoms with van der Waals surface area (Å²) in [6.07, 6.45) is 15.4. The lowest BCUT2D eigenvalue weighted by molar-refractivity contribution is -0.265. The molecule has 3 heterocycles. The van der Waals surface area contributed by atoms with Gasteiger partial charge in [-0.1, -0.05) is 71.1 Å². The third-order valence-electron chi connectivity index (χ3n) is 14.7. The predicted octanol–water partition coefficient (Wildman–Crippen LogP) is 6.52. The first-order valence-corrected chi connectivity index (χ1v) is 25.1. The lowest BCUT2D eigenvalue weighted by atomic mass is 9.78. The van der Waals surface area contributed by atoms with E-state index in [1.54, 1.807) is 21.1 Å². The van der Waals surface area contributed by atoms with Crippen molar-refractivity contribution in [2.75, 3.05) is 34.5 Å². The number of carboxylic acid groups (broad SMARTS) is 1. The summed E-state index contributed by atoms with van der Waals surface area (Å²) in [5, 5.41) is 58.0. The van der Waals surface area contributed by atoms with Gasteiger partial charge in [0, 0.05) is 45.9 Å². The topological polar surface area (TPSA) is 243 Å². The first kappa shape index (κ1) is 59.7. The van der Waals surface area contributed by atoms with Crippen LogP contribution >= 0.6 is 0 Å². The zero-order valence-corrected chi connectivity index (χ0v) is 43.0. The number of aliphatic hydroxyl groups is 4. The Morgan fingerprint density at radius 2 is 1.57 bits per heavy atom. The Labute approximate surface area is 411 Å². The largest absolute Gasteiger partial charge is 0.480 e. The highest BCUT2D eigenvalue weighted by Crippen LogP contribution is 2.38. The van der Waals surface area contributed by atoms with Crippen LogP contribution < -0.4 is 0 Å². The van der Waals surface area contributed by atoms with Crippen molar-refractivity contribution in [1.29, 1.82) is 5.41 Å². The molecule has 3 fully saturated rings. The number of hydrogen-bond acceptors (Lipinski definition) is 14. The van der Waals surface area contributed by atoms with Gasteiger partial charge in [0.05, 0.1) is 24.4 Å². The molecule has 6 N–H and O–H groups in total. The van der Waals surface area contributed by atoms with Crippen LogP contribution in [0.4, 0.5) is 0 Å². The molecule has 15 atom stereocenters. The van der Waals surface area contributed by atoms with Gasteiger partial charge in [0.15, 0.2) is 0 Å². The number of rotatable bonds is 7. The van der Waals surface area contributed by atoms with E-state index in [1.807, 2.05) is 58.1 Å². The smallest absolute Gasteiger partial charge is 0.329 e. The Kier molecular flexibility index (Phi) is 25.1. The maximum atomic E-state index is 14.4. The summed E-state index contributed by atoms with van der Waals surface area (Å²) in [5.41, 5.74) is 1.94. The number of nitrogens with one attached hydrogen (secondary N) is 1. The zero-order chi connectivity index (χ0) is 51.6. The van der Waals surface area contributed by atoms with Gasteiger partial charge in [-0.05, 0) is 132 Å². The number of methoxy groups -OCH3 is 3. The number of ketones is 1. The first-order valence-electron chi connectivity index (χ1n) is 25.1. The summed E-state index contributed by atoms with van der Waals surface area (Å²) in [7, 11) is 4.74. The average Bonchev–Trinajstić information content (AvgIpc) is 3.32. The number of fused-ring (bicyclic) bond motifs is 3. The second kappa shape index (κ2) is 29.0. The van der Waals surface area contributed by atoms with E-state index in [4.69, 9.17) is 44.1 Å². The number of carbonyl (C=O) groups excluding carboxylic acids is 3. The van der Waals surface area contributed by atoms with Crippen molar-refractivity contribution in [3.05, 3.63) is 47.6 Å². The van der Waals surface area contributed by atoms with Gasteiger partial charge in [0.25, 0.3) is 11.7 Å². The van der Waals surface area contributed by atoms with Crippen LogP contribution in [0.5, 0.6) is 0 Å². The number of allylic oxidation sites excluding steroid dienone is 6. The minimum atomic E-state index is -2.37. The summed E-state index contributed by atoms with van der Waals surface area (Å²) < 4.78 is 29.8. The Balaban J connectivity index is 0.00000239. The molecule has 2 bridgehead atoms. The Hall–Kier alpha value is -3.61. The van der Waals surface area contributed by atoms with E-state index < -0.39 is 78.5 Å². The number of carbonyl (C=O) groups is 4. The number of esters is 1. The molecule has 69 heavy (non-hydrogen) atoms. The number of nitrogens with zero attached hydrogens (tertiary/aromatic N) is 1. The van der Waals surface area contributed by atoms with Crippen molar-refractivity contribution in [2.24, 2.45) is 35.5 Å². The van der Waals surface area contributed by atoms with E-state index in [1.165, 1.54) is 12.0 Å². The van der Waals surface area contributed by atoms with Crippen LogP contribution in [0.2, 0.25) is 0 Å². The summed E-state index contributed by atoms with van der Waals surface area (Å²) >= 11 is 0. The fourth-order valence-electron chi connectivity index (χ4n) is 10.3. The van der Waals surface area contributed by atoms with E-state index in [-0.39, 0.29) is 48.3 Å². The molecule has 0 spiro atoms. The highest BCUT2D eigenvalue weighted by atomic mass is 16.6. The number of aliphatic hydroxyl groups excluding tert-OH is 3. The standard InChI is InChI=1S/C51H82N2O11.C2H4O3/c1-31-16-12-11-13-17-33(3)43(60-8)30-39-22-20-37(7)51(59,64-39)48(56)49(57)53-25-15-14-18-40(53)50(58)63-42(34(4)28-38-21-23-41(54)44(29-38)61-9)24-19-32(2)27-36(6)46(55)47(62-10)45(52)35(5)26-31;3-1-2(4)5/h11-13,16-17,27,31-32,34-35,37-44,46-47,52,54-55,59H,14-15,18-26,28-30H2,1-10H3;3H,1H2,(H,4,5)/b13-11+,16-12+,33-17+,36-27+,52-45?;/t31-,32+,34-,35-,37-,38+,39+,40+,41-,42+,43+,44-,46-,47+,51-;/m1./s1. The number of cyclic esters (lactones) is 1. The summed E-state index contributed by atoms with van der Waals surface area (Å²) in [4.78, 5) is 53.2. The second-order valence-corrected chi connectivity index (χ2v) is 20.3. The maximum absolute atomic E-state index is 14.4. The molecule has 392 valence electrons. The third kappa shape index (κ3) is 17.6. The number of Topliss-reactive ketones (excluding diaryl/α,β-unsaturated/α-hetero) is 1. The molecule has 4 rings (SSSR count). The summed E-state index contributed by atoms with van der Waals surface area (Å²) in [5.74, 6) is -6.69. The number of carboxylic acids is 1. The molecule has 0 aromatic carbocycles. The van der Waals surface area contributed by atoms with Crippen LogP contribution in [-0.2, 0) is 42.9 Å². The Bertz CT molecular complexity index is 1800. The fraction of sp³-hybridized carbons (Fsp3) is 0.755. The van der Waals surface area contributed by atoms with Gasteiger partial charge in [0.1, 0.15) is 31.0 Å². The monoisotopic (exact) mass is 975 g/mol. The number of hydrogen-bond donors (Lipinski definition) is 6. The van der Waals surface area contributed by atoms with E-state index in [9.17, 15) is 29.7 Å². The second-order valence-electron chi connectivity index (χ2n) is 20.3. The van der Waals surface area contributed by atoms with Crippen molar-refractivity contribution in [1.82, 2.24) is 4.90 Å². The number of aliphatic carboxylic acids is 1. The first-order chi connectivity index (χ1) is 32.6. The molecule has 0 aromatic heterocycles. The minimum absolute atomic E-state index is 0.0330. The molecule has 2 saturated heterocycles. The number of amides is 1. The maximum Gasteiger partial charge on any atom is 0.329 e. The van der Waals surface area contributed by atoms with Crippen molar-refractivity contribution in [3.63, 3.8) is 0 Å². The van der Waals surface area contributed by atoms with Crippen LogP contribution in [0.1, 0.15) is 132 Å². The lowest BCUT2D eigenvalue weighted by Crippen LogP contribution is -2.61. The quantitative estimate of drug-likeness (QED) is 0.0905. The molecule has 1 saturated carbocycles. The fourth-order valence-corrected chi connectivity index (χ4v) is 10.3. The molecule has 0 radical (unpaired) electrons. The molecule has 1 aliphatic carbocycles. The van der Waals surface area contributed by atoms with E-state index in [0.29, 0.717) is 81.9 Å². The molecular weight excluding hydrogens is 889 g/mol. The molecule has 16 nitrogen and oxygen atoms in total. The minimum Gasteiger partial charge on any atom is -0.480 e. The van der Waals surface area contributed by atoms with E-state index in [0.717, 1.165) is 18.4 Å². The van der Waals surface area contributed by atoms with Gasteiger partial charge >= 0.3 is 11.9 Å². The molecular formula is C53H86N2O14. The van der Waals surface area contributed by atoms with Crippen molar-refractivity contribution < 1.29 is 68.4 Å². The van der Waals surface area contributed by atoms with Crippen LogP contribution in [-0.4, -0.2) is 149 Å². The van der Waals surface area contributed by atoms with Gasteiger partial charge in [-0.15, -0.1) is 0 Å². The summed E-state index contributed by atoms with van der Waals surface area (Å²) in [6, 6.07) is -1.01. The average molecular weight is 975 g/mol.